The van der Waals surface area contributed by atoms with Crippen LogP contribution in [-0.4, -0.2) is 9.97 Å². The van der Waals surface area contributed by atoms with Crippen molar-refractivity contribution in [2.45, 2.75) is 66.7 Å². The van der Waals surface area contributed by atoms with E-state index in [-0.39, 0.29) is 11.3 Å². The highest BCUT2D eigenvalue weighted by molar-refractivity contribution is 6.10. The van der Waals surface area contributed by atoms with Crippen LogP contribution in [0.25, 0.3) is 32.9 Å². The van der Waals surface area contributed by atoms with Crippen LogP contribution in [-0.2, 0) is 5.41 Å². The van der Waals surface area contributed by atoms with Gasteiger partial charge in [-0.05, 0) is 60.9 Å². The van der Waals surface area contributed by atoms with E-state index in [4.69, 9.17) is 9.97 Å². The average molecular weight is 397 g/mol. The molecule has 2 heteroatoms. The highest BCUT2D eigenvalue weighted by Gasteiger charge is 2.19. The lowest BCUT2D eigenvalue weighted by atomic mass is 9.84. The van der Waals surface area contributed by atoms with Gasteiger partial charge in [0.05, 0.1) is 11.2 Å². The Bertz CT molecular complexity index is 1250. The first-order valence-corrected chi connectivity index (χ1v) is 10.9. The first-order chi connectivity index (χ1) is 14.0. The van der Waals surface area contributed by atoms with E-state index < -0.39 is 0 Å². The first kappa shape index (κ1) is 20.5. The SMILES string of the molecule is Cc1cc(C)cc(-c2nc(C(C)C)nc3c2ccc2cc(C(C)(C)C)cc(C)c23)c1. The minimum atomic E-state index is 0.118. The zero-order valence-corrected chi connectivity index (χ0v) is 19.5. The standard InChI is InChI=1S/C28H32N2/c1-16(2)27-29-25(21-12-17(3)11-18(4)13-21)23-10-9-20-15-22(28(6,7)8)14-19(5)24(20)26(23)30-27/h9-16H,1-8H3. The fraction of sp³-hybridized carbons (Fsp3) is 0.357. The number of hydrogen-bond donors (Lipinski definition) is 0. The molecule has 0 atom stereocenters. The van der Waals surface area contributed by atoms with Gasteiger partial charge in [0, 0.05) is 22.3 Å². The molecule has 0 amide bonds. The number of aromatic nitrogens is 2. The van der Waals surface area contributed by atoms with Gasteiger partial charge in [0.2, 0.25) is 0 Å². The van der Waals surface area contributed by atoms with Crippen molar-refractivity contribution in [3.8, 4) is 11.3 Å². The second-order valence-corrected chi connectivity index (χ2v) is 10.1. The maximum atomic E-state index is 5.08. The van der Waals surface area contributed by atoms with E-state index in [2.05, 4.69) is 97.9 Å². The maximum Gasteiger partial charge on any atom is 0.132 e. The van der Waals surface area contributed by atoms with Crippen molar-refractivity contribution in [1.82, 2.24) is 9.97 Å². The van der Waals surface area contributed by atoms with Crippen molar-refractivity contribution >= 4 is 21.7 Å². The molecule has 0 bridgehead atoms. The minimum Gasteiger partial charge on any atom is -0.232 e. The van der Waals surface area contributed by atoms with Crippen molar-refractivity contribution < 1.29 is 0 Å². The average Bonchev–Trinajstić information content (AvgIpc) is 2.64. The Morgan fingerprint density at radius 1 is 0.800 bits per heavy atom. The van der Waals surface area contributed by atoms with Crippen LogP contribution in [0.1, 0.15) is 68.6 Å². The Kier molecular flexibility index (Phi) is 4.92. The Morgan fingerprint density at radius 3 is 2.07 bits per heavy atom. The van der Waals surface area contributed by atoms with Gasteiger partial charge in [-0.3, -0.25) is 0 Å². The topological polar surface area (TPSA) is 25.8 Å². The minimum absolute atomic E-state index is 0.118. The second-order valence-electron chi connectivity index (χ2n) is 10.1. The molecule has 0 spiro atoms. The van der Waals surface area contributed by atoms with Crippen molar-refractivity contribution in [3.63, 3.8) is 0 Å². The third-order valence-electron chi connectivity index (χ3n) is 5.87. The van der Waals surface area contributed by atoms with E-state index in [1.165, 1.54) is 38.6 Å². The highest BCUT2D eigenvalue weighted by atomic mass is 14.9. The molecule has 0 saturated heterocycles. The van der Waals surface area contributed by atoms with Crippen LogP contribution in [0.4, 0.5) is 0 Å². The van der Waals surface area contributed by atoms with Gasteiger partial charge in [-0.15, -0.1) is 0 Å². The third-order valence-corrected chi connectivity index (χ3v) is 5.87. The predicted octanol–water partition coefficient (Wildman–Crippen LogP) is 7.80. The van der Waals surface area contributed by atoms with E-state index in [0.29, 0.717) is 0 Å². The summed E-state index contributed by atoms with van der Waals surface area (Å²) in [5.74, 6) is 1.17. The van der Waals surface area contributed by atoms with Gasteiger partial charge in [0.1, 0.15) is 5.82 Å². The molecule has 0 aliphatic rings. The Balaban J connectivity index is 2.12. The zero-order valence-electron chi connectivity index (χ0n) is 19.5. The fourth-order valence-electron chi connectivity index (χ4n) is 4.30. The summed E-state index contributed by atoms with van der Waals surface area (Å²) in [6.07, 6.45) is 0. The molecule has 1 heterocycles. The number of nitrogens with zero attached hydrogens (tertiary/aromatic N) is 2. The predicted molar refractivity (Wildman–Crippen MR) is 129 cm³/mol. The summed E-state index contributed by atoms with van der Waals surface area (Å²) < 4.78 is 0. The molecule has 0 saturated carbocycles. The molecule has 0 aliphatic carbocycles. The quantitative estimate of drug-likeness (QED) is 0.323. The number of aryl methyl sites for hydroxylation is 3. The number of rotatable bonds is 2. The van der Waals surface area contributed by atoms with Gasteiger partial charge >= 0.3 is 0 Å². The lowest BCUT2D eigenvalue weighted by molar-refractivity contribution is 0.590. The van der Waals surface area contributed by atoms with Gasteiger partial charge in [-0.2, -0.15) is 0 Å². The molecular weight excluding hydrogens is 364 g/mol. The normalized spacial score (nSPS) is 12.3. The van der Waals surface area contributed by atoms with E-state index in [1.54, 1.807) is 0 Å². The highest BCUT2D eigenvalue weighted by Crippen LogP contribution is 2.36. The monoisotopic (exact) mass is 396 g/mol. The van der Waals surface area contributed by atoms with Crippen LogP contribution < -0.4 is 0 Å². The van der Waals surface area contributed by atoms with E-state index >= 15 is 0 Å². The maximum absolute atomic E-state index is 5.08. The summed E-state index contributed by atoms with van der Waals surface area (Å²) in [6, 6.07) is 15.8. The Morgan fingerprint density at radius 2 is 1.47 bits per heavy atom. The van der Waals surface area contributed by atoms with Crippen molar-refractivity contribution in [1.29, 1.82) is 0 Å². The van der Waals surface area contributed by atoms with Crippen molar-refractivity contribution in [3.05, 3.63) is 70.5 Å². The van der Waals surface area contributed by atoms with Crippen molar-refractivity contribution in [2.75, 3.05) is 0 Å². The molecule has 0 aliphatic heterocycles. The number of hydrogen-bond acceptors (Lipinski definition) is 2. The molecule has 4 rings (SSSR count). The molecule has 2 nitrogen and oxygen atoms in total. The second kappa shape index (κ2) is 7.19. The summed E-state index contributed by atoms with van der Waals surface area (Å²) >= 11 is 0. The number of benzene rings is 3. The summed E-state index contributed by atoms with van der Waals surface area (Å²) in [7, 11) is 0. The van der Waals surface area contributed by atoms with Gasteiger partial charge in [0.15, 0.2) is 0 Å². The molecule has 0 unspecified atom stereocenters. The van der Waals surface area contributed by atoms with E-state index in [9.17, 15) is 0 Å². The molecule has 0 radical (unpaired) electrons. The van der Waals surface area contributed by atoms with Gasteiger partial charge in [-0.25, -0.2) is 9.97 Å². The fourth-order valence-corrected chi connectivity index (χ4v) is 4.30. The molecule has 4 aromatic rings. The van der Waals surface area contributed by atoms with Crippen LogP contribution >= 0.6 is 0 Å². The zero-order chi connectivity index (χ0) is 21.8. The summed E-state index contributed by atoms with van der Waals surface area (Å²) in [5.41, 5.74) is 8.55. The lowest BCUT2D eigenvalue weighted by Gasteiger charge is -2.21. The van der Waals surface area contributed by atoms with Crippen LogP contribution in [0.3, 0.4) is 0 Å². The molecular formula is C28H32N2. The van der Waals surface area contributed by atoms with Gasteiger partial charge < -0.3 is 0 Å². The van der Waals surface area contributed by atoms with Crippen molar-refractivity contribution in [2.24, 2.45) is 0 Å². The third kappa shape index (κ3) is 3.60. The smallest absolute Gasteiger partial charge is 0.132 e. The number of fused-ring (bicyclic) bond motifs is 3. The molecule has 3 aromatic carbocycles. The summed E-state index contributed by atoms with van der Waals surface area (Å²) in [6.45, 7) is 17.7. The molecule has 0 N–H and O–H groups in total. The first-order valence-electron chi connectivity index (χ1n) is 10.9. The Hall–Kier alpha value is -2.74. The van der Waals surface area contributed by atoms with Crippen LogP contribution in [0.15, 0.2) is 42.5 Å². The molecule has 30 heavy (non-hydrogen) atoms. The molecule has 1 aromatic heterocycles. The lowest BCUT2D eigenvalue weighted by Crippen LogP contribution is -2.11. The molecule has 0 fully saturated rings. The van der Waals surface area contributed by atoms with Gasteiger partial charge in [0.25, 0.3) is 0 Å². The van der Waals surface area contributed by atoms with Crippen LogP contribution in [0.5, 0.6) is 0 Å². The Labute approximate surface area is 180 Å². The van der Waals surface area contributed by atoms with Crippen LogP contribution in [0, 0.1) is 20.8 Å². The summed E-state index contributed by atoms with van der Waals surface area (Å²) in [4.78, 5) is 10.1. The largest absolute Gasteiger partial charge is 0.232 e. The van der Waals surface area contributed by atoms with Crippen LogP contribution in [0.2, 0.25) is 0 Å². The van der Waals surface area contributed by atoms with Gasteiger partial charge in [-0.1, -0.05) is 70.0 Å². The van der Waals surface area contributed by atoms with E-state index in [1.807, 2.05) is 0 Å². The molecule has 154 valence electrons. The summed E-state index contributed by atoms with van der Waals surface area (Å²) in [5, 5.41) is 3.63. The van der Waals surface area contributed by atoms with E-state index in [0.717, 1.165) is 22.4 Å².